The van der Waals surface area contributed by atoms with Crippen LogP contribution in [-0.2, 0) is 0 Å². The van der Waals surface area contributed by atoms with Crippen molar-refractivity contribution in [1.29, 1.82) is 0 Å². The molecule has 0 bridgehead atoms. The van der Waals surface area contributed by atoms with E-state index in [9.17, 15) is 0 Å². The van der Waals surface area contributed by atoms with Gasteiger partial charge >= 0.3 is 0 Å². The van der Waals surface area contributed by atoms with E-state index in [0.717, 1.165) is 55.6 Å². The Morgan fingerprint density at radius 3 is 1.82 bits per heavy atom. The quantitative estimate of drug-likeness (QED) is 0.170. The largest absolute Gasteiger partial charge is 0.455 e. The normalized spacial score (nSPS) is 11.6. The molecule has 3 heteroatoms. The lowest BCUT2D eigenvalue weighted by Gasteiger charge is -2.26. The second-order valence-electron chi connectivity index (χ2n) is 14.1. The van der Waals surface area contributed by atoms with Crippen LogP contribution in [0.15, 0.2) is 205 Å². The zero-order chi connectivity index (χ0) is 36.3. The summed E-state index contributed by atoms with van der Waals surface area (Å²) in [6.45, 7) is 0. The Bertz CT molecular complexity index is 3190. The summed E-state index contributed by atoms with van der Waals surface area (Å²) in [5.41, 5.74) is 12.2. The average Bonchev–Trinajstić information content (AvgIpc) is 3.83. The van der Waals surface area contributed by atoms with Gasteiger partial charge in [-0.05, 0) is 87.1 Å². The van der Waals surface area contributed by atoms with Crippen LogP contribution >= 0.6 is 11.3 Å². The molecule has 0 aliphatic heterocycles. The maximum Gasteiger partial charge on any atom is 0.143 e. The van der Waals surface area contributed by atoms with E-state index in [-0.39, 0.29) is 0 Å². The molecule has 0 spiro atoms. The first-order valence-electron chi connectivity index (χ1n) is 18.7. The number of hydrogen-bond acceptors (Lipinski definition) is 3. The number of para-hydroxylation sites is 1. The van der Waals surface area contributed by atoms with Crippen LogP contribution in [0.5, 0.6) is 0 Å². The SMILES string of the molecule is c1ccc(-c2cccc3c2oc2ccc(-c4ccc(N(c5ccc(-c6cccc7ccccc67)cc5)c5cccc6c5sc5ccccc56)cc4)cc23)cc1. The summed E-state index contributed by atoms with van der Waals surface area (Å²) in [6, 6.07) is 72.1. The van der Waals surface area contributed by atoms with Gasteiger partial charge in [0.15, 0.2) is 0 Å². The molecule has 2 nitrogen and oxygen atoms in total. The molecule has 0 aliphatic carbocycles. The van der Waals surface area contributed by atoms with Gasteiger partial charge in [-0.2, -0.15) is 0 Å². The lowest BCUT2D eigenvalue weighted by Crippen LogP contribution is -2.10. The molecule has 0 unspecified atom stereocenters. The minimum Gasteiger partial charge on any atom is -0.455 e. The van der Waals surface area contributed by atoms with Crippen molar-refractivity contribution in [2.24, 2.45) is 0 Å². The summed E-state index contributed by atoms with van der Waals surface area (Å²) < 4.78 is 9.06. The summed E-state index contributed by atoms with van der Waals surface area (Å²) in [7, 11) is 0. The predicted octanol–water partition coefficient (Wildman–Crippen LogP) is 15.6. The van der Waals surface area contributed by atoms with Crippen molar-refractivity contribution in [2.75, 3.05) is 4.90 Å². The fourth-order valence-electron chi connectivity index (χ4n) is 8.23. The monoisotopic (exact) mass is 719 g/mol. The van der Waals surface area contributed by atoms with Crippen LogP contribution in [0.4, 0.5) is 17.1 Å². The van der Waals surface area contributed by atoms with Gasteiger partial charge in [-0.1, -0.05) is 152 Å². The summed E-state index contributed by atoms with van der Waals surface area (Å²) in [4.78, 5) is 2.41. The molecule has 11 aromatic rings. The van der Waals surface area contributed by atoms with E-state index < -0.39 is 0 Å². The molecule has 55 heavy (non-hydrogen) atoms. The number of anilines is 3. The molecule has 2 heterocycles. The Balaban J connectivity index is 1.02. The van der Waals surface area contributed by atoms with Gasteiger partial charge < -0.3 is 9.32 Å². The van der Waals surface area contributed by atoms with Gasteiger partial charge in [0, 0.05) is 43.2 Å². The lowest BCUT2D eigenvalue weighted by molar-refractivity contribution is 0.670. The topological polar surface area (TPSA) is 16.4 Å². The van der Waals surface area contributed by atoms with Gasteiger partial charge in [-0.15, -0.1) is 11.3 Å². The average molecular weight is 720 g/mol. The zero-order valence-electron chi connectivity index (χ0n) is 29.8. The van der Waals surface area contributed by atoms with E-state index >= 15 is 0 Å². The molecule has 2 aromatic heterocycles. The molecule has 0 saturated carbocycles. The second kappa shape index (κ2) is 12.9. The van der Waals surface area contributed by atoms with Crippen molar-refractivity contribution >= 4 is 81.3 Å². The van der Waals surface area contributed by atoms with Crippen LogP contribution in [0.25, 0.3) is 86.3 Å². The smallest absolute Gasteiger partial charge is 0.143 e. The Hall–Kier alpha value is -6.94. The molecule has 0 N–H and O–H groups in total. The minimum absolute atomic E-state index is 0.897. The Morgan fingerprint density at radius 2 is 0.982 bits per heavy atom. The third-order valence-corrected chi connectivity index (χ3v) is 12.1. The first-order chi connectivity index (χ1) is 27.3. The van der Waals surface area contributed by atoms with Crippen molar-refractivity contribution in [3.63, 3.8) is 0 Å². The van der Waals surface area contributed by atoms with Crippen molar-refractivity contribution in [2.45, 2.75) is 0 Å². The maximum absolute atomic E-state index is 6.49. The van der Waals surface area contributed by atoms with Crippen molar-refractivity contribution < 1.29 is 4.42 Å². The van der Waals surface area contributed by atoms with Crippen LogP contribution in [0.2, 0.25) is 0 Å². The van der Waals surface area contributed by atoms with Crippen LogP contribution < -0.4 is 4.90 Å². The fourth-order valence-corrected chi connectivity index (χ4v) is 9.44. The number of fused-ring (bicyclic) bond motifs is 7. The molecule has 0 atom stereocenters. The zero-order valence-corrected chi connectivity index (χ0v) is 30.6. The molecular weight excluding hydrogens is 687 g/mol. The van der Waals surface area contributed by atoms with Crippen LogP contribution in [-0.4, -0.2) is 0 Å². The summed E-state index contributed by atoms with van der Waals surface area (Å²) >= 11 is 1.86. The van der Waals surface area contributed by atoms with Crippen molar-refractivity contribution in [3.8, 4) is 33.4 Å². The number of thiophene rings is 1. The molecule has 0 amide bonds. The molecule has 9 aromatic carbocycles. The Kier molecular flexibility index (Phi) is 7.39. The van der Waals surface area contributed by atoms with E-state index in [4.69, 9.17) is 4.42 Å². The molecular formula is C52H33NOS. The first-order valence-corrected chi connectivity index (χ1v) is 19.5. The van der Waals surface area contributed by atoms with Crippen LogP contribution in [0, 0.1) is 0 Å². The van der Waals surface area contributed by atoms with E-state index in [2.05, 4.69) is 199 Å². The highest BCUT2D eigenvalue weighted by Gasteiger charge is 2.19. The highest BCUT2D eigenvalue weighted by Crippen LogP contribution is 2.46. The van der Waals surface area contributed by atoms with E-state index in [1.807, 2.05) is 17.4 Å². The highest BCUT2D eigenvalue weighted by atomic mass is 32.1. The molecule has 0 radical (unpaired) electrons. The Labute approximate surface area is 322 Å². The van der Waals surface area contributed by atoms with E-state index in [1.165, 1.54) is 47.8 Å². The molecule has 258 valence electrons. The van der Waals surface area contributed by atoms with Gasteiger partial charge in [0.1, 0.15) is 11.2 Å². The number of nitrogens with zero attached hydrogens (tertiary/aromatic N) is 1. The van der Waals surface area contributed by atoms with Gasteiger partial charge in [-0.25, -0.2) is 0 Å². The third-order valence-electron chi connectivity index (χ3n) is 10.9. The van der Waals surface area contributed by atoms with Crippen LogP contribution in [0.3, 0.4) is 0 Å². The van der Waals surface area contributed by atoms with Gasteiger partial charge in [0.25, 0.3) is 0 Å². The number of benzene rings is 9. The van der Waals surface area contributed by atoms with E-state index in [1.54, 1.807) is 0 Å². The highest BCUT2D eigenvalue weighted by molar-refractivity contribution is 7.26. The number of rotatable bonds is 6. The molecule has 0 saturated heterocycles. The third kappa shape index (κ3) is 5.32. The van der Waals surface area contributed by atoms with Crippen molar-refractivity contribution in [1.82, 2.24) is 0 Å². The molecule has 0 aliphatic rings. The van der Waals surface area contributed by atoms with Gasteiger partial charge in [0.05, 0.1) is 10.4 Å². The fraction of sp³-hybridized carbons (Fsp3) is 0. The first kappa shape index (κ1) is 31.6. The van der Waals surface area contributed by atoms with Gasteiger partial charge in [-0.3, -0.25) is 0 Å². The van der Waals surface area contributed by atoms with Gasteiger partial charge in [0.2, 0.25) is 0 Å². The summed E-state index contributed by atoms with van der Waals surface area (Å²) in [5, 5.41) is 7.34. The summed E-state index contributed by atoms with van der Waals surface area (Å²) in [5.74, 6) is 0. The Morgan fingerprint density at radius 1 is 0.382 bits per heavy atom. The standard InChI is InChI=1S/C52H33NOS/c1-2-11-36(12-3-1)43-18-9-19-45-47-33-38(27-32-49(47)54-51(43)45)34-23-28-39(29-24-34)53(48-21-10-20-46-44-16-6-7-22-50(44)55-52(46)48)40-30-25-37(26-31-40)42-17-8-14-35-13-4-5-15-41(35)42/h1-33H. The summed E-state index contributed by atoms with van der Waals surface area (Å²) in [6.07, 6.45) is 0. The van der Waals surface area contributed by atoms with Crippen molar-refractivity contribution in [3.05, 3.63) is 200 Å². The lowest BCUT2D eigenvalue weighted by atomic mass is 9.98. The van der Waals surface area contributed by atoms with E-state index in [0.29, 0.717) is 0 Å². The number of furan rings is 1. The van der Waals surface area contributed by atoms with Crippen LogP contribution in [0.1, 0.15) is 0 Å². The molecule has 0 fully saturated rings. The predicted molar refractivity (Wildman–Crippen MR) is 235 cm³/mol. The number of hydrogen-bond donors (Lipinski definition) is 0. The maximum atomic E-state index is 6.49. The second-order valence-corrected chi connectivity index (χ2v) is 15.1. The minimum atomic E-state index is 0.897. The molecule has 11 rings (SSSR count).